The van der Waals surface area contributed by atoms with E-state index in [2.05, 4.69) is 30.4 Å². The van der Waals surface area contributed by atoms with E-state index < -0.39 is 10.2 Å². The van der Waals surface area contributed by atoms with Crippen molar-refractivity contribution in [2.45, 2.75) is 57.9 Å². The topological polar surface area (TPSA) is 69.7 Å². The molecule has 28 heavy (non-hydrogen) atoms. The molecule has 1 atom stereocenters. The first-order chi connectivity index (χ1) is 13.3. The van der Waals surface area contributed by atoms with Crippen molar-refractivity contribution in [1.82, 2.24) is 13.9 Å². The molecule has 156 valence electrons. The number of carbonyl (C=O) groups is 1. The highest BCUT2D eigenvalue weighted by atomic mass is 32.2. The first kappa shape index (κ1) is 21.3. The summed E-state index contributed by atoms with van der Waals surface area (Å²) in [5.74, 6) is -0.0771. The van der Waals surface area contributed by atoms with Gasteiger partial charge in [0, 0.05) is 33.1 Å². The van der Waals surface area contributed by atoms with Crippen molar-refractivity contribution in [1.29, 1.82) is 0 Å². The number of benzene rings is 1. The molecule has 1 aromatic carbocycles. The summed E-state index contributed by atoms with van der Waals surface area (Å²) in [6.45, 7) is 2.89. The van der Waals surface area contributed by atoms with E-state index in [-0.39, 0.29) is 17.9 Å². The van der Waals surface area contributed by atoms with Gasteiger partial charge >= 0.3 is 0 Å². The van der Waals surface area contributed by atoms with Crippen LogP contribution in [0, 0.1) is 5.92 Å². The Balaban J connectivity index is 1.61. The summed E-state index contributed by atoms with van der Waals surface area (Å²) in [6.07, 6.45) is 6.79. The quantitative estimate of drug-likeness (QED) is 0.788. The summed E-state index contributed by atoms with van der Waals surface area (Å²) in [7, 11) is -0.313. The second-order valence-corrected chi connectivity index (χ2v) is 10.3. The maximum atomic E-state index is 12.8. The molecule has 1 aromatic rings. The SMILES string of the molecule is CC[C@H](NC(=O)C1CCN(S(=O)(=O)N(C)C)CC1)c1ccc2c(c1)CCCC2. The Kier molecular flexibility index (Phi) is 6.78. The van der Waals surface area contributed by atoms with E-state index in [0.29, 0.717) is 25.9 Å². The van der Waals surface area contributed by atoms with Crippen molar-refractivity contribution in [3.63, 3.8) is 0 Å². The van der Waals surface area contributed by atoms with Gasteiger partial charge in [0.2, 0.25) is 5.91 Å². The molecule has 7 heteroatoms. The Labute approximate surface area is 169 Å². The minimum Gasteiger partial charge on any atom is -0.349 e. The Morgan fingerprint density at radius 2 is 1.82 bits per heavy atom. The van der Waals surface area contributed by atoms with Gasteiger partial charge in [0.1, 0.15) is 0 Å². The largest absolute Gasteiger partial charge is 0.349 e. The van der Waals surface area contributed by atoms with Crippen LogP contribution in [-0.4, -0.2) is 50.1 Å². The normalized spacial score (nSPS) is 20.0. The van der Waals surface area contributed by atoms with Crippen molar-refractivity contribution in [3.05, 3.63) is 34.9 Å². The van der Waals surface area contributed by atoms with Crippen LogP contribution in [0.3, 0.4) is 0 Å². The molecule has 0 aromatic heterocycles. The highest BCUT2D eigenvalue weighted by Crippen LogP contribution is 2.27. The van der Waals surface area contributed by atoms with E-state index in [4.69, 9.17) is 0 Å². The summed E-state index contributed by atoms with van der Waals surface area (Å²) in [5, 5.41) is 3.22. The van der Waals surface area contributed by atoms with Crippen LogP contribution in [0.25, 0.3) is 0 Å². The van der Waals surface area contributed by atoms with E-state index in [9.17, 15) is 13.2 Å². The van der Waals surface area contributed by atoms with Crippen LogP contribution < -0.4 is 5.32 Å². The third kappa shape index (κ3) is 4.58. The Bertz CT molecular complexity index is 799. The lowest BCUT2D eigenvalue weighted by atomic mass is 9.88. The summed E-state index contributed by atoms with van der Waals surface area (Å²) in [4.78, 5) is 12.8. The molecule has 1 fully saturated rings. The third-order valence-corrected chi connectivity index (χ3v) is 8.05. The standard InChI is InChI=1S/C21H33N3O3S/c1-4-20(19-10-9-16-7-5-6-8-18(16)15-19)22-21(25)17-11-13-24(14-12-17)28(26,27)23(2)3/h9-10,15,17,20H,4-8,11-14H2,1-3H3,(H,22,25)/t20-/m0/s1. The smallest absolute Gasteiger partial charge is 0.281 e. The number of aryl methyl sites for hydroxylation is 2. The fourth-order valence-electron chi connectivity index (χ4n) is 4.26. The highest BCUT2D eigenvalue weighted by molar-refractivity contribution is 7.86. The fraction of sp³-hybridized carbons (Fsp3) is 0.667. The van der Waals surface area contributed by atoms with E-state index in [1.807, 2.05) is 0 Å². The molecule has 0 spiro atoms. The molecule has 0 saturated carbocycles. The van der Waals surface area contributed by atoms with Gasteiger partial charge in [-0.1, -0.05) is 25.1 Å². The van der Waals surface area contributed by atoms with Gasteiger partial charge in [0.05, 0.1) is 6.04 Å². The molecular weight excluding hydrogens is 374 g/mol. The molecule has 0 bridgehead atoms. The highest BCUT2D eigenvalue weighted by Gasteiger charge is 2.32. The zero-order valence-corrected chi connectivity index (χ0v) is 18.1. The molecule has 3 rings (SSSR count). The van der Waals surface area contributed by atoms with Gasteiger partial charge in [-0.3, -0.25) is 4.79 Å². The summed E-state index contributed by atoms with van der Waals surface area (Å²) >= 11 is 0. The van der Waals surface area contributed by atoms with E-state index >= 15 is 0 Å². The molecule has 1 amide bonds. The Morgan fingerprint density at radius 1 is 1.18 bits per heavy atom. The number of nitrogens with zero attached hydrogens (tertiary/aromatic N) is 2. The van der Waals surface area contributed by atoms with Crippen molar-refractivity contribution in [3.8, 4) is 0 Å². The maximum absolute atomic E-state index is 12.8. The van der Waals surface area contributed by atoms with Gasteiger partial charge < -0.3 is 5.32 Å². The van der Waals surface area contributed by atoms with Gasteiger partial charge in [-0.05, 0) is 61.6 Å². The number of hydrogen-bond donors (Lipinski definition) is 1. The van der Waals surface area contributed by atoms with E-state index in [1.54, 1.807) is 14.1 Å². The Morgan fingerprint density at radius 3 is 2.43 bits per heavy atom. The average molecular weight is 408 g/mol. The molecular formula is C21H33N3O3S. The average Bonchev–Trinajstić information content (AvgIpc) is 2.71. The lowest BCUT2D eigenvalue weighted by molar-refractivity contribution is -0.126. The van der Waals surface area contributed by atoms with Gasteiger partial charge in [-0.15, -0.1) is 0 Å². The molecule has 1 saturated heterocycles. The Hall–Kier alpha value is -1.44. The molecule has 1 heterocycles. The third-order valence-electron chi connectivity index (χ3n) is 6.11. The number of rotatable bonds is 6. The van der Waals surface area contributed by atoms with Crippen LogP contribution in [0.1, 0.15) is 61.8 Å². The molecule has 1 N–H and O–H groups in total. The molecule has 0 radical (unpaired) electrons. The minimum absolute atomic E-state index is 0.0169. The number of nitrogens with one attached hydrogen (secondary N) is 1. The van der Waals surface area contributed by atoms with E-state index in [1.165, 1.54) is 38.1 Å². The van der Waals surface area contributed by atoms with Gasteiger partial charge in [-0.25, -0.2) is 0 Å². The number of piperidine rings is 1. The zero-order valence-electron chi connectivity index (χ0n) is 17.3. The van der Waals surface area contributed by atoms with Gasteiger partial charge in [0.25, 0.3) is 10.2 Å². The second kappa shape index (κ2) is 8.93. The molecule has 2 aliphatic rings. The van der Waals surface area contributed by atoms with Crippen LogP contribution in [-0.2, 0) is 27.8 Å². The molecule has 1 aliphatic carbocycles. The predicted octanol–water partition coefficient (Wildman–Crippen LogP) is 2.65. The summed E-state index contributed by atoms with van der Waals surface area (Å²) in [5.41, 5.74) is 4.06. The van der Waals surface area contributed by atoms with Crippen molar-refractivity contribution >= 4 is 16.1 Å². The van der Waals surface area contributed by atoms with Crippen LogP contribution in [0.5, 0.6) is 0 Å². The summed E-state index contributed by atoms with van der Waals surface area (Å²) in [6, 6.07) is 6.67. The number of hydrogen-bond acceptors (Lipinski definition) is 3. The fourth-order valence-corrected chi connectivity index (χ4v) is 5.39. The monoisotopic (exact) mass is 407 g/mol. The number of fused-ring (bicyclic) bond motifs is 1. The van der Waals surface area contributed by atoms with Crippen molar-refractivity contribution in [2.24, 2.45) is 5.92 Å². The first-order valence-corrected chi connectivity index (χ1v) is 11.8. The van der Waals surface area contributed by atoms with Crippen molar-refractivity contribution < 1.29 is 13.2 Å². The second-order valence-electron chi connectivity index (χ2n) is 8.17. The van der Waals surface area contributed by atoms with Gasteiger partial charge in [-0.2, -0.15) is 17.0 Å². The number of amides is 1. The minimum atomic E-state index is -3.39. The summed E-state index contributed by atoms with van der Waals surface area (Å²) < 4.78 is 27.2. The van der Waals surface area contributed by atoms with E-state index in [0.717, 1.165) is 19.3 Å². The van der Waals surface area contributed by atoms with Crippen LogP contribution in [0.15, 0.2) is 18.2 Å². The van der Waals surface area contributed by atoms with Gasteiger partial charge in [0.15, 0.2) is 0 Å². The van der Waals surface area contributed by atoms with Crippen molar-refractivity contribution in [2.75, 3.05) is 27.2 Å². The molecule has 0 unspecified atom stereocenters. The molecule has 1 aliphatic heterocycles. The van der Waals surface area contributed by atoms with Crippen LogP contribution >= 0.6 is 0 Å². The maximum Gasteiger partial charge on any atom is 0.281 e. The lowest BCUT2D eigenvalue weighted by Crippen LogP contribution is -2.47. The number of carbonyl (C=O) groups excluding carboxylic acids is 1. The van der Waals surface area contributed by atoms with Crippen LogP contribution in [0.2, 0.25) is 0 Å². The first-order valence-electron chi connectivity index (χ1n) is 10.4. The lowest BCUT2D eigenvalue weighted by Gasteiger charge is -2.33. The predicted molar refractivity (Wildman–Crippen MR) is 111 cm³/mol. The van der Waals surface area contributed by atoms with Crippen LogP contribution in [0.4, 0.5) is 0 Å². The molecule has 6 nitrogen and oxygen atoms in total. The zero-order chi connectivity index (χ0) is 20.3.